The summed E-state index contributed by atoms with van der Waals surface area (Å²) in [5.41, 5.74) is 1.81. The molecule has 4 atom stereocenters. The number of methoxy groups -OCH3 is 1. The molecule has 0 aliphatic heterocycles. The lowest BCUT2D eigenvalue weighted by molar-refractivity contribution is -0.147. The molecule has 0 spiro atoms. The maximum atomic E-state index is 11.9. The fraction of sp³-hybridized carbons (Fsp3) is 0.842. The van der Waals surface area contributed by atoms with E-state index in [1.807, 2.05) is 0 Å². The van der Waals surface area contributed by atoms with Crippen LogP contribution in [-0.4, -0.2) is 13.1 Å². The fourth-order valence-corrected chi connectivity index (χ4v) is 5.11. The molecule has 0 aromatic heterocycles. The predicted molar refractivity (Wildman–Crippen MR) is 86.8 cm³/mol. The minimum Gasteiger partial charge on any atom is -0.469 e. The van der Waals surface area contributed by atoms with E-state index in [0.717, 1.165) is 37.0 Å². The van der Waals surface area contributed by atoms with Crippen molar-refractivity contribution in [1.82, 2.24) is 0 Å². The maximum absolute atomic E-state index is 11.9. The zero-order valence-electron chi connectivity index (χ0n) is 14.6. The van der Waals surface area contributed by atoms with Crippen LogP contribution in [0.4, 0.5) is 0 Å². The normalized spacial score (nSPS) is 36.4. The first-order chi connectivity index (χ1) is 9.81. The largest absolute Gasteiger partial charge is 0.469 e. The van der Waals surface area contributed by atoms with E-state index in [4.69, 9.17) is 4.74 Å². The zero-order valence-corrected chi connectivity index (χ0v) is 14.6. The van der Waals surface area contributed by atoms with E-state index in [2.05, 4.69) is 40.7 Å². The van der Waals surface area contributed by atoms with Gasteiger partial charge in [-0.05, 0) is 54.8 Å². The van der Waals surface area contributed by atoms with Gasteiger partial charge in [-0.3, -0.25) is 4.79 Å². The standard InChI is InChI=1S/C19H32O2/c1-12(2)16-8-7-15-11-14(18(20)21-6)9-10-19(15,5)17(16)13(3)4/h7,12-14,16-17H,8-11H2,1-6H3/t14-,16?,17?,19-/m0/s1. The maximum Gasteiger partial charge on any atom is 0.308 e. The van der Waals surface area contributed by atoms with Crippen LogP contribution in [0.25, 0.3) is 0 Å². The molecular weight excluding hydrogens is 260 g/mol. The number of hydrogen-bond donors (Lipinski definition) is 0. The van der Waals surface area contributed by atoms with Crippen molar-refractivity contribution in [2.24, 2.45) is 35.0 Å². The molecule has 21 heavy (non-hydrogen) atoms. The second kappa shape index (κ2) is 6.14. The Bertz CT molecular complexity index is 421. The third-order valence-corrected chi connectivity index (χ3v) is 6.15. The molecule has 2 unspecified atom stereocenters. The molecule has 2 nitrogen and oxygen atoms in total. The smallest absolute Gasteiger partial charge is 0.308 e. The minimum absolute atomic E-state index is 0.0231. The van der Waals surface area contributed by atoms with Gasteiger partial charge in [-0.2, -0.15) is 0 Å². The van der Waals surface area contributed by atoms with Crippen LogP contribution in [0.15, 0.2) is 11.6 Å². The number of rotatable bonds is 3. The molecule has 2 aliphatic rings. The fourth-order valence-electron chi connectivity index (χ4n) is 5.11. The average molecular weight is 292 g/mol. The molecular formula is C19H32O2. The van der Waals surface area contributed by atoms with Crippen LogP contribution in [-0.2, 0) is 9.53 Å². The number of allylic oxidation sites excluding steroid dienone is 2. The molecule has 2 rings (SSSR count). The summed E-state index contributed by atoms with van der Waals surface area (Å²) in [5.74, 6) is 2.98. The molecule has 0 aromatic carbocycles. The molecule has 0 N–H and O–H groups in total. The summed E-state index contributed by atoms with van der Waals surface area (Å²) < 4.78 is 4.97. The van der Waals surface area contributed by atoms with Crippen LogP contribution >= 0.6 is 0 Å². The highest BCUT2D eigenvalue weighted by molar-refractivity contribution is 5.73. The van der Waals surface area contributed by atoms with Gasteiger partial charge >= 0.3 is 5.97 Å². The van der Waals surface area contributed by atoms with Gasteiger partial charge in [0.2, 0.25) is 0 Å². The number of fused-ring (bicyclic) bond motifs is 1. The Morgan fingerprint density at radius 3 is 2.48 bits per heavy atom. The van der Waals surface area contributed by atoms with Gasteiger partial charge in [-0.15, -0.1) is 0 Å². The van der Waals surface area contributed by atoms with Crippen LogP contribution in [0, 0.1) is 35.0 Å². The van der Waals surface area contributed by atoms with E-state index in [0.29, 0.717) is 5.92 Å². The molecule has 0 radical (unpaired) electrons. The molecule has 0 amide bonds. The van der Waals surface area contributed by atoms with Gasteiger partial charge in [0.1, 0.15) is 0 Å². The monoisotopic (exact) mass is 292 g/mol. The van der Waals surface area contributed by atoms with Gasteiger partial charge in [0.05, 0.1) is 13.0 Å². The molecule has 2 aliphatic carbocycles. The van der Waals surface area contributed by atoms with Crippen molar-refractivity contribution in [2.45, 2.75) is 60.3 Å². The minimum atomic E-state index is -0.0231. The molecule has 0 aromatic rings. The first kappa shape index (κ1) is 16.6. The summed E-state index contributed by atoms with van der Waals surface area (Å²) in [7, 11) is 1.51. The van der Waals surface area contributed by atoms with E-state index in [-0.39, 0.29) is 17.3 Å². The van der Waals surface area contributed by atoms with E-state index in [9.17, 15) is 4.79 Å². The van der Waals surface area contributed by atoms with E-state index < -0.39 is 0 Å². The Labute approximate surface area is 130 Å². The number of carbonyl (C=O) groups excluding carboxylic acids is 1. The van der Waals surface area contributed by atoms with Gasteiger partial charge in [0.25, 0.3) is 0 Å². The summed E-state index contributed by atoms with van der Waals surface area (Å²) in [6, 6.07) is 0. The summed E-state index contributed by atoms with van der Waals surface area (Å²) in [4.78, 5) is 11.9. The highest BCUT2D eigenvalue weighted by Gasteiger charge is 2.49. The van der Waals surface area contributed by atoms with Gasteiger partial charge in [0.15, 0.2) is 0 Å². The Morgan fingerprint density at radius 1 is 1.29 bits per heavy atom. The number of carbonyl (C=O) groups is 1. The second-order valence-electron chi connectivity index (χ2n) is 8.02. The van der Waals surface area contributed by atoms with E-state index in [1.165, 1.54) is 19.1 Å². The van der Waals surface area contributed by atoms with Crippen molar-refractivity contribution in [2.75, 3.05) is 7.11 Å². The molecule has 1 saturated carbocycles. The topological polar surface area (TPSA) is 26.3 Å². The predicted octanol–water partition coefficient (Wildman–Crippen LogP) is 4.84. The summed E-state index contributed by atoms with van der Waals surface area (Å²) in [6.45, 7) is 11.9. The Morgan fingerprint density at radius 2 is 1.95 bits per heavy atom. The Kier molecular flexibility index (Phi) is 4.85. The quantitative estimate of drug-likeness (QED) is 0.549. The van der Waals surface area contributed by atoms with Crippen molar-refractivity contribution in [1.29, 1.82) is 0 Å². The summed E-state index contributed by atoms with van der Waals surface area (Å²) in [5, 5.41) is 0. The molecule has 1 fully saturated rings. The number of hydrogen-bond acceptors (Lipinski definition) is 2. The first-order valence-corrected chi connectivity index (χ1v) is 8.58. The van der Waals surface area contributed by atoms with Crippen LogP contribution in [0.3, 0.4) is 0 Å². The van der Waals surface area contributed by atoms with E-state index in [1.54, 1.807) is 0 Å². The van der Waals surface area contributed by atoms with Gasteiger partial charge in [-0.25, -0.2) is 0 Å². The number of ether oxygens (including phenoxy) is 1. The Hall–Kier alpha value is -0.790. The Balaban J connectivity index is 2.30. The molecule has 0 bridgehead atoms. The molecule has 0 saturated heterocycles. The lowest BCUT2D eigenvalue weighted by Gasteiger charge is -2.53. The van der Waals surface area contributed by atoms with Crippen molar-refractivity contribution < 1.29 is 9.53 Å². The van der Waals surface area contributed by atoms with Gasteiger partial charge in [-0.1, -0.05) is 46.3 Å². The summed E-state index contributed by atoms with van der Waals surface area (Å²) >= 11 is 0. The average Bonchev–Trinajstić information content (AvgIpc) is 2.43. The molecule has 0 heterocycles. The van der Waals surface area contributed by atoms with Gasteiger partial charge < -0.3 is 4.74 Å². The van der Waals surface area contributed by atoms with Crippen LogP contribution < -0.4 is 0 Å². The van der Waals surface area contributed by atoms with Crippen molar-refractivity contribution in [3.63, 3.8) is 0 Å². The first-order valence-electron chi connectivity index (χ1n) is 8.58. The highest BCUT2D eigenvalue weighted by Crippen LogP contribution is 2.57. The zero-order chi connectivity index (χ0) is 15.8. The number of esters is 1. The lowest BCUT2D eigenvalue weighted by Crippen LogP contribution is -2.45. The van der Waals surface area contributed by atoms with Crippen LogP contribution in [0.1, 0.15) is 60.3 Å². The summed E-state index contributed by atoms with van der Waals surface area (Å²) in [6.07, 6.45) is 6.66. The van der Waals surface area contributed by atoms with Crippen molar-refractivity contribution >= 4 is 5.97 Å². The molecule has 2 heteroatoms. The van der Waals surface area contributed by atoms with Crippen LogP contribution in [0.5, 0.6) is 0 Å². The highest BCUT2D eigenvalue weighted by atomic mass is 16.5. The van der Waals surface area contributed by atoms with Crippen molar-refractivity contribution in [3.8, 4) is 0 Å². The lowest BCUT2D eigenvalue weighted by atomic mass is 9.51. The second-order valence-corrected chi connectivity index (χ2v) is 8.02. The van der Waals surface area contributed by atoms with Gasteiger partial charge in [0, 0.05) is 0 Å². The SMILES string of the molecule is COC(=O)[C@H]1CC[C@@]2(C)C(=CCC(C(C)C)C2C(C)C)C1. The van der Waals surface area contributed by atoms with Crippen LogP contribution in [0.2, 0.25) is 0 Å². The van der Waals surface area contributed by atoms with Crippen molar-refractivity contribution in [3.05, 3.63) is 11.6 Å². The third kappa shape index (κ3) is 2.91. The van der Waals surface area contributed by atoms with E-state index >= 15 is 0 Å². The third-order valence-electron chi connectivity index (χ3n) is 6.15. The molecule has 120 valence electrons.